The van der Waals surface area contributed by atoms with Crippen LogP contribution in [0, 0.1) is 0 Å². The molecule has 7 heteroatoms. The van der Waals surface area contributed by atoms with Crippen LogP contribution in [0.4, 0.5) is 0 Å². The zero-order valence-electron chi connectivity index (χ0n) is 9.13. The highest BCUT2D eigenvalue weighted by atomic mass is 32.2. The van der Waals surface area contributed by atoms with E-state index in [9.17, 15) is 18.3 Å². The van der Waals surface area contributed by atoms with Gasteiger partial charge in [-0.3, -0.25) is 9.69 Å². The Morgan fingerprint density at radius 1 is 1.44 bits per heavy atom. The van der Waals surface area contributed by atoms with E-state index in [-0.39, 0.29) is 24.0 Å². The molecule has 0 radical (unpaired) electrons. The molecule has 1 aliphatic heterocycles. The smallest absolute Gasteiger partial charge is 0.218 e. The van der Waals surface area contributed by atoms with Crippen LogP contribution in [0.25, 0.3) is 0 Å². The first-order chi connectivity index (χ1) is 7.39. The summed E-state index contributed by atoms with van der Waals surface area (Å²) in [5.41, 5.74) is 4.89. The van der Waals surface area contributed by atoms with Gasteiger partial charge in [0.15, 0.2) is 9.84 Å². The van der Waals surface area contributed by atoms with E-state index in [1.54, 1.807) is 0 Å². The number of hydrogen-bond acceptors (Lipinski definition) is 5. The van der Waals surface area contributed by atoms with Crippen molar-refractivity contribution in [2.24, 2.45) is 5.73 Å². The maximum atomic E-state index is 11.5. The molecule has 1 unspecified atom stereocenters. The average molecular weight is 250 g/mol. The first kappa shape index (κ1) is 13.4. The largest absolute Gasteiger partial charge is 0.392 e. The quantitative estimate of drug-likeness (QED) is 0.588. The van der Waals surface area contributed by atoms with Crippen molar-refractivity contribution in [2.75, 3.05) is 31.1 Å². The normalized spacial score (nSPS) is 22.4. The molecule has 1 fully saturated rings. The van der Waals surface area contributed by atoms with Gasteiger partial charge in [0.1, 0.15) is 0 Å². The lowest BCUT2D eigenvalue weighted by atomic mass is 10.3. The minimum Gasteiger partial charge on any atom is -0.392 e. The molecule has 1 saturated heterocycles. The van der Waals surface area contributed by atoms with Gasteiger partial charge in [0.25, 0.3) is 0 Å². The molecule has 1 atom stereocenters. The Kier molecular flexibility index (Phi) is 4.69. The monoisotopic (exact) mass is 250 g/mol. The van der Waals surface area contributed by atoms with E-state index in [2.05, 4.69) is 0 Å². The van der Waals surface area contributed by atoms with Crippen LogP contribution in [-0.2, 0) is 14.6 Å². The minimum absolute atomic E-state index is 0.0208. The number of rotatable bonds is 6. The van der Waals surface area contributed by atoms with Crippen LogP contribution in [0.5, 0.6) is 0 Å². The number of aliphatic hydroxyl groups excluding tert-OH is 1. The van der Waals surface area contributed by atoms with Crippen LogP contribution < -0.4 is 5.73 Å². The Morgan fingerprint density at radius 2 is 2.12 bits per heavy atom. The zero-order chi connectivity index (χ0) is 12.2. The zero-order valence-corrected chi connectivity index (χ0v) is 9.95. The minimum atomic E-state index is -3.21. The van der Waals surface area contributed by atoms with Crippen molar-refractivity contribution in [1.29, 1.82) is 0 Å². The third-order valence-corrected chi connectivity index (χ3v) is 4.26. The number of primary amides is 1. The van der Waals surface area contributed by atoms with Crippen molar-refractivity contribution < 1.29 is 18.3 Å². The van der Waals surface area contributed by atoms with Gasteiger partial charge < -0.3 is 10.8 Å². The Morgan fingerprint density at radius 3 is 2.62 bits per heavy atom. The molecule has 0 aromatic heterocycles. The first-order valence-corrected chi connectivity index (χ1v) is 7.10. The maximum absolute atomic E-state index is 11.5. The van der Waals surface area contributed by atoms with Crippen LogP contribution in [0.1, 0.15) is 12.8 Å². The molecule has 16 heavy (non-hydrogen) atoms. The summed E-state index contributed by atoms with van der Waals surface area (Å²) in [5.74, 6) is -0.758. The molecular formula is C9H18N2O4S. The number of nitrogens with two attached hydrogens (primary N) is 1. The highest BCUT2D eigenvalue weighted by Crippen LogP contribution is 2.08. The molecule has 94 valence electrons. The number of sulfone groups is 1. The van der Waals surface area contributed by atoms with E-state index in [0.717, 1.165) is 6.54 Å². The van der Waals surface area contributed by atoms with Crippen molar-refractivity contribution in [3.63, 3.8) is 0 Å². The van der Waals surface area contributed by atoms with Gasteiger partial charge in [0.2, 0.25) is 5.91 Å². The van der Waals surface area contributed by atoms with Gasteiger partial charge in [0, 0.05) is 26.1 Å². The fourth-order valence-corrected chi connectivity index (χ4v) is 2.89. The third-order valence-electron chi connectivity index (χ3n) is 2.63. The highest BCUT2D eigenvalue weighted by molar-refractivity contribution is 7.91. The Labute approximate surface area is 95.3 Å². The van der Waals surface area contributed by atoms with Crippen molar-refractivity contribution in [3.8, 4) is 0 Å². The lowest BCUT2D eigenvalue weighted by Gasteiger charge is -2.14. The van der Waals surface area contributed by atoms with Gasteiger partial charge in [-0.05, 0) is 6.42 Å². The number of carbonyl (C=O) groups is 1. The van der Waals surface area contributed by atoms with Crippen LogP contribution in [0.2, 0.25) is 0 Å². The number of likely N-dealkylation sites (tertiary alicyclic amines) is 1. The summed E-state index contributed by atoms with van der Waals surface area (Å²) in [6.07, 6.45) is 0.236. The summed E-state index contributed by atoms with van der Waals surface area (Å²) >= 11 is 0. The van der Waals surface area contributed by atoms with Crippen LogP contribution in [0.3, 0.4) is 0 Å². The summed E-state index contributed by atoms with van der Waals surface area (Å²) in [6, 6.07) is 0. The topological polar surface area (TPSA) is 101 Å². The predicted octanol–water partition coefficient (Wildman–Crippen LogP) is -1.66. The molecule has 0 aromatic carbocycles. The summed E-state index contributed by atoms with van der Waals surface area (Å²) in [4.78, 5) is 12.4. The summed E-state index contributed by atoms with van der Waals surface area (Å²) < 4.78 is 23.0. The Hall–Kier alpha value is -0.660. The lowest BCUT2D eigenvalue weighted by molar-refractivity contribution is -0.117. The van der Waals surface area contributed by atoms with Gasteiger partial charge >= 0.3 is 0 Å². The standard InChI is InChI=1S/C9H18N2O4S/c10-9(13)2-5-16(14,15)6-4-11-3-1-8(12)7-11/h8,12H,1-7H2,(H2,10,13). The van der Waals surface area contributed by atoms with Gasteiger partial charge in [-0.15, -0.1) is 0 Å². The second-order valence-corrected chi connectivity index (χ2v) is 6.41. The molecule has 1 aliphatic rings. The Bertz CT molecular complexity index is 341. The van der Waals surface area contributed by atoms with Crippen molar-refractivity contribution in [1.82, 2.24) is 4.90 Å². The van der Waals surface area contributed by atoms with Crippen molar-refractivity contribution in [3.05, 3.63) is 0 Å². The van der Waals surface area contributed by atoms with E-state index in [1.807, 2.05) is 4.90 Å². The number of amides is 1. The molecule has 3 N–H and O–H groups in total. The van der Waals surface area contributed by atoms with Crippen LogP contribution in [-0.4, -0.2) is 61.6 Å². The Balaban J connectivity index is 2.28. The lowest BCUT2D eigenvalue weighted by Crippen LogP contribution is -2.29. The van der Waals surface area contributed by atoms with E-state index < -0.39 is 15.7 Å². The highest BCUT2D eigenvalue weighted by Gasteiger charge is 2.22. The van der Waals surface area contributed by atoms with E-state index in [1.165, 1.54) is 0 Å². The molecule has 0 saturated carbocycles. The fraction of sp³-hybridized carbons (Fsp3) is 0.889. The molecule has 0 spiro atoms. The van der Waals surface area contributed by atoms with Crippen molar-refractivity contribution in [2.45, 2.75) is 18.9 Å². The molecule has 0 bridgehead atoms. The van der Waals surface area contributed by atoms with Crippen LogP contribution in [0.15, 0.2) is 0 Å². The number of β-amino-alcohol motifs (C(OH)–C–C–N with tert-alkyl or cyclic N) is 1. The number of hydrogen-bond donors (Lipinski definition) is 2. The van der Waals surface area contributed by atoms with E-state index >= 15 is 0 Å². The van der Waals surface area contributed by atoms with Gasteiger partial charge in [0.05, 0.1) is 17.6 Å². The van der Waals surface area contributed by atoms with E-state index in [0.29, 0.717) is 19.5 Å². The molecule has 0 aliphatic carbocycles. The first-order valence-electron chi connectivity index (χ1n) is 5.28. The summed E-state index contributed by atoms with van der Waals surface area (Å²) in [7, 11) is -3.21. The fourth-order valence-electron chi connectivity index (χ4n) is 1.64. The number of aliphatic hydroxyl groups is 1. The van der Waals surface area contributed by atoms with E-state index in [4.69, 9.17) is 5.73 Å². The molecule has 6 nitrogen and oxygen atoms in total. The number of carbonyl (C=O) groups excluding carboxylic acids is 1. The molecule has 1 rings (SSSR count). The maximum Gasteiger partial charge on any atom is 0.218 e. The van der Waals surface area contributed by atoms with Crippen molar-refractivity contribution >= 4 is 15.7 Å². The van der Waals surface area contributed by atoms with Gasteiger partial charge in [-0.25, -0.2) is 8.42 Å². The summed E-state index contributed by atoms with van der Waals surface area (Å²) in [5, 5.41) is 9.25. The van der Waals surface area contributed by atoms with Gasteiger partial charge in [-0.1, -0.05) is 0 Å². The number of nitrogens with zero attached hydrogens (tertiary/aromatic N) is 1. The van der Waals surface area contributed by atoms with Crippen LogP contribution >= 0.6 is 0 Å². The predicted molar refractivity (Wildman–Crippen MR) is 59.5 cm³/mol. The second-order valence-electron chi connectivity index (χ2n) is 4.11. The molecule has 1 heterocycles. The molecule has 1 amide bonds. The van der Waals surface area contributed by atoms with Gasteiger partial charge in [-0.2, -0.15) is 0 Å². The SMILES string of the molecule is NC(=O)CCS(=O)(=O)CCN1CCC(O)C1. The molecule has 0 aromatic rings. The third kappa shape index (κ3) is 4.91. The molecular weight excluding hydrogens is 232 g/mol. The second kappa shape index (κ2) is 5.60. The summed E-state index contributed by atoms with van der Waals surface area (Å²) in [6.45, 7) is 1.68. The average Bonchev–Trinajstić information content (AvgIpc) is 2.59.